The summed E-state index contributed by atoms with van der Waals surface area (Å²) in [6, 6.07) is 26.8. The predicted molar refractivity (Wildman–Crippen MR) is 103 cm³/mol. The van der Waals surface area contributed by atoms with Crippen molar-refractivity contribution in [2.24, 2.45) is 0 Å². The molecule has 0 saturated carbocycles. The lowest BCUT2D eigenvalue weighted by Crippen LogP contribution is -2.25. The second-order valence-corrected chi connectivity index (χ2v) is 6.51. The van der Waals surface area contributed by atoms with Crippen molar-refractivity contribution < 1.29 is 4.74 Å². The zero-order valence-corrected chi connectivity index (χ0v) is 14.6. The van der Waals surface area contributed by atoms with E-state index in [1.807, 2.05) is 36.4 Å². The standard InChI is InChI=1S/C23H20N2O/c24-15-18-9-11-19(12-10-18)22-7-3-1-5-20(22)16-25-13-14-26-23-8-4-2-6-21(23)17-25/h1-12H,13-14,16-17H2. The van der Waals surface area contributed by atoms with Crippen LogP contribution in [-0.2, 0) is 13.1 Å². The number of ether oxygens (including phenoxy) is 1. The van der Waals surface area contributed by atoms with E-state index in [9.17, 15) is 0 Å². The molecule has 1 aliphatic heterocycles. The van der Waals surface area contributed by atoms with Crippen molar-refractivity contribution in [3.8, 4) is 22.9 Å². The number of benzene rings is 3. The van der Waals surface area contributed by atoms with E-state index in [0.717, 1.165) is 30.9 Å². The number of hydrogen-bond donors (Lipinski definition) is 0. The van der Waals surface area contributed by atoms with Gasteiger partial charge in [-0.15, -0.1) is 0 Å². The Kier molecular flexibility index (Phi) is 4.68. The normalized spacial score (nSPS) is 14.0. The molecule has 3 aromatic rings. The first-order valence-electron chi connectivity index (χ1n) is 8.85. The van der Waals surface area contributed by atoms with E-state index in [1.165, 1.54) is 16.7 Å². The zero-order chi connectivity index (χ0) is 17.8. The molecule has 0 amide bonds. The minimum atomic E-state index is 0.688. The Morgan fingerprint density at radius 3 is 2.54 bits per heavy atom. The summed E-state index contributed by atoms with van der Waals surface area (Å²) in [5.74, 6) is 0.996. The van der Waals surface area contributed by atoms with Crippen LogP contribution < -0.4 is 4.74 Å². The Morgan fingerprint density at radius 1 is 0.923 bits per heavy atom. The molecule has 0 atom stereocenters. The van der Waals surface area contributed by atoms with Crippen molar-refractivity contribution >= 4 is 0 Å². The smallest absolute Gasteiger partial charge is 0.123 e. The van der Waals surface area contributed by atoms with Crippen LogP contribution in [0.3, 0.4) is 0 Å². The average Bonchev–Trinajstić information content (AvgIpc) is 2.90. The monoisotopic (exact) mass is 340 g/mol. The topological polar surface area (TPSA) is 36.3 Å². The van der Waals surface area contributed by atoms with Crippen LogP contribution >= 0.6 is 0 Å². The van der Waals surface area contributed by atoms with Crippen molar-refractivity contribution in [1.82, 2.24) is 4.90 Å². The number of hydrogen-bond acceptors (Lipinski definition) is 3. The predicted octanol–water partition coefficient (Wildman–Crippen LogP) is 4.62. The quantitative estimate of drug-likeness (QED) is 0.698. The van der Waals surface area contributed by atoms with E-state index in [4.69, 9.17) is 10.00 Å². The molecule has 0 aromatic heterocycles. The number of fused-ring (bicyclic) bond motifs is 1. The van der Waals surface area contributed by atoms with E-state index < -0.39 is 0 Å². The Bertz CT molecular complexity index is 941. The van der Waals surface area contributed by atoms with Gasteiger partial charge in [0.2, 0.25) is 0 Å². The third kappa shape index (κ3) is 3.46. The van der Waals surface area contributed by atoms with Gasteiger partial charge in [-0.2, -0.15) is 5.26 Å². The maximum absolute atomic E-state index is 9.01. The third-order valence-corrected chi connectivity index (χ3v) is 4.77. The zero-order valence-electron chi connectivity index (χ0n) is 14.6. The van der Waals surface area contributed by atoms with Crippen molar-refractivity contribution in [3.63, 3.8) is 0 Å². The molecule has 1 heterocycles. The molecule has 0 bridgehead atoms. The molecule has 0 unspecified atom stereocenters. The van der Waals surface area contributed by atoms with Gasteiger partial charge in [0.05, 0.1) is 11.6 Å². The summed E-state index contributed by atoms with van der Waals surface area (Å²) in [5, 5.41) is 9.01. The molecule has 3 nitrogen and oxygen atoms in total. The number of rotatable bonds is 3. The summed E-state index contributed by atoms with van der Waals surface area (Å²) in [5.41, 5.74) is 5.58. The molecule has 0 fully saturated rings. The van der Waals surface area contributed by atoms with Crippen LogP contribution in [0.5, 0.6) is 5.75 Å². The molecule has 0 spiro atoms. The summed E-state index contributed by atoms with van der Waals surface area (Å²) >= 11 is 0. The van der Waals surface area contributed by atoms with Gasteiger partial charge >= 0.3 is 0 Å². The Labute approximate surface area is 154 Å². The molecule has 4 rings (SSSR count). The van der Waals surface area contributed by atoms with E-state index in [-0.39, 0.29) is 0 Å². The highest BCUT2D eigenvalue weighted by atomic mass is 16.5. The van der Waals surface area contributed by atoms with Gasteiger partial charge in [0.15, 0.2) is 0 Å². The fourth-order valence-corrected chi connectivity index (χ4v) is 3.42. The van der Waals surface area contributed by atoms with Gasteiger partial charge in [-0.3, -0.25) is 4.90 Å². The molecule has 0 N–H and O–H groups in total. The fourth-order valence-electron chi connectivity index (χ4n) is 3.42. The molecule has 3 heteroatoms. The summed E-state index contributed by atoms with van der Waals surface area (Å²) in [4.78, 5) is 2.42. The first kappa shape index (κ1) is 16.4. The van der Waals surface area contributed by atoms with Crippen LogP contribution in [0.1, 0.15) is 16.7 Å². The third-order valence-electron chi connectivity index (χ3n) is 4.77. The highest BCUT2D eigenvalue weighted by molar-refractivity contribution is 5.68. The molecule has 3 aromatic carbocycles. The Balaban J connectivity index is 1.60. The van der Waals surface area contributed by atoms with Gasteiger partial charge < -0.3 is 4.74 Å². The minimum absolute atomic E-state index is 0.688. The fraction of sp³-hybridized carbons (Fsp3) is 0.174. The van der Waals surface area contributed by atoms with Gasteiger partial charge in [-0.05, 0) is 34.9 Å². The van der Waals surface area contributed by atoms with Crippen LogP contribution in [0, 0.1) is 11.3 Å². The van der Waals surface area contributed by atoms with E-state index in [1.54, 1.807) is 0 Å². The average molecular weight is 340 g/mol. The maximum Gasteiger partial charge on any atom is 0.123 e. The van der Waals surface area contributed by atoms with E-state index in [0.29, 0.717) is 12.2 Å². The number of nitriles is 1. The van der Waals surface area contributed by atoms with Crippen molar-refractivity contribution in [2.45, 2.75) is 13.1 Å². The van der Waals surface area contributed by atoms with Crippen LogP contribution in [-0.4, -0.2) is 18.1 Å². The van der Waals surface area contributed by atoms with Gasteiger partial charge in [-0.25, -0.2) is 0 Å². The molecule has 0 saturated heterocycles. The van der Waals surface area contributed by atoms with Crippen molar-refractivity contribution in [1.29, 1.82) is 5.26 Å². The minimum Gasteiger partial charge on any atom is -0.492 e. The van der Waals surface area contributed by atoms with E-state index in [2.05, 4.69) is 47.4 Å². The molecule has 128 valence electrons. The first-order chi connectivity index (χ1) is 12.8. The molecule has 26 heavy (non-hydrogen) atoms. The molecular formula is C23H20N2O. The summed E-state index contributed by atoms with van der Waals surface area (Å²) in [6.07, 6.45) is 0. The van der Waals surface area contributed by atoms with Crippen molar-refractivity contribution in [3.05, 3.63) is 89.5 Å². The van der Waals surface area contributed by atoms with Gasteiger partial charge in [0, 0.05) is 25.2 Å². The number of para-hydroxylation sites is 1. The second-order valence-electron chi connectivity index (χ2n) is 6.51. The second kappa shape index (κ2) is 7.43. The lowest BCUT2D eigenvalue weighted by atomic mass is 9.98. The van der Waals surface area contributed by atoms with Gasteiger partial charge in [-0.1, -0.05) is 54.6 Å². The Morgan fingerprint density at radius 2 is 1.69 bits per heavy atom. The molecule has 0 aliphatic carbocycles. The summed E-state index contributed by atoms with van der Waals surface area (Å²) in [6.45, 7) is 3.36. The van der Waals surface area contributed by atoms with Crippen LogP contribution in [0.15, 0.2) is 72.8 Å². The van der Waals surface area contributed by atoms with Crippen LogP contribution in [0.2, 0.25) is 0 Å². The molecule has 1 aliphatic rings. The van der Waals surface area contributed by atoms with Crippen molar-refractivity contribution in [2.75, 3.05) is 13.2 Å². The lowest BCUT2D eigenvalue weighted by Gasteiger charge is -2.21. The summed E-state index contributed by atoms with van der Waals surface area (Å²) < 4.78 is 5.88. The van der Waals surface area contributed by atoms with Crippen LogP contribution in [0.4, 0.5) is 0 Å². The highest BCUT2D eigenvalue weighted by Gasteiger charge is 2.16. The molecular weight excluding hydrogens is 320 g/mol. The number of nitrogens with zero attached hydrogens (tertiary/aromatic N) is 2. The van der Waals surface area contributed by atoms with Gasteiger partial charge in [0.25, 0.3) is 0 Å². The largest absolute Gasteiger partial charge is 0.492 e. The molecule has 0 radical (unpaired) electrons. The summed E-state index contributed by atoms with van der Waals surface area (Å²) in [7, 11) is 0. The lowest BCUT2D eigenvalue weighted by molar-refractivity contribution is 0.220. The maximum atomic E-state index is 9.01. The SMILES string of the molecule is N#Cc1ccc(-c2ccccc2CN2CCOc3ccccc3C2)cc1. The Hall–Kier alpha value is -3.09. The van der Waals surface area contributed by atoms with Crippen LogP contribution in [0.25, 0.3) is 11.1 Å². The first-order valence-corrected chi connectivity index (χ1v) is 8.85. The van der Waals surface area contributed by atoms with Gasteiger partial charge in [0.1, 0.15) is 12.4 Å². The van der Waals surface area contributed by atoms with E-state index >= 15 is 0 Å². The highest BCUT2D eigenvalue weighted by Crippen LogP contribution is 2.28.